The van der Waals surface area contributed by atoms with E-state index in [9.17, 15) is 18.0 Å². The van der Waals surface area contributed by atoms with E-state index in [-0.39, 0.29) is 31.1 Å². The van der Waals surface area contributed by atoms with Gasteiger partial charge in [0.25, 0.3) is 0 Å². The Kier molecular flexibility index (Phi) is 6.72. The summed E-state index contributed by atoms with van der Waals surface area (Å²) in [4.78, 5) is 29.6. The molecule has 156 valence electrons. The second-order valence-electron chi connectivity index (χ2n) is 7.04. The van der Waals surface area contributed by atoms with Crippen LogP contribution in [0.25, 0.3) is 0 Å². The van der Waals surface area contributed by atoms with Gasteiger partial charge in [0.2, 0.25) is 15.9 Å². The molecule has 0 bridgehead atoms. The highest BCUT2D eigenvalue weighted by molar-refractivity contribution is 7.89. The van der Waals surface area contributed by atoms with Crippen molar-refractivity contribution < 1.29 is 18.0 Å². The third-order valence-electron chi connectivity index (χ3n) is 4.64. The SMILES string of the molecule is CC(C)S(=O)(=O)N1CCc2nc(NC(=O)CCC(=O)c3ccc(Cl)cc3)sc2C1. The van der Waals surface area contributed by atoms with Gasteiger partial charge in [-0.3, -0.25) is 9.59 Å². The number of nitrogens with one attached hydrogen (secondary N) is 1. The van der Waals surface area contributed by atoms with Crippen molar-refractivity contribution in [1.29, 1.82) is 0 Å². The molecule has 10 heteroatoms. The standard InChI is InChI=1S/C19H22ClN3O4S2/c1-12(2)29(26,27)23-10-9-15-17(11-23)28-19(21-15)22-18(25)8-7-16(24)13-3-5-14(20)6-4-13/h3-6,12H,7-11H2,1-2H3,(H,21,22,25). The number of halogens is 1. The Bertz CT molecular complexity index is 1020. The molecule has 29 heavy (non-hydrogen) atoms. The van der Waals surface area contributed by atoms with E-state index in [0.29, 0.717) is 28.7 Å². The Morgan fingerprint density at radius 2 is 1.93 bits per heavy atom. The van der Waals surface area contributed by atoms with Gasteiger partial charge in [0.1, 0.15) is 0 Å². The first kappa shape index (κ1) is 21.9. The first-order valence-electron chi connectivity index (χ1n) is 9.23. The number of rotatable bonds is 7. The number of carbonyl (C=O) groups is 2. The number of hydrogen-bond donors (Lipinski definition) is 1. The fourth-order valence-electron chi connectivity index (χ4n) is 2.93. The topological polar surface area (TPSA) is 96.4 Å². The molecule has 0 fully saturated rings. The van der Waals surface area contributed by atoms with Crippen LogP contribution in [-0.4, -0.2) is 41.2 Å². The van der Waals surface area contributed by atoms with Gasteiger partial charge in [-0.2, -0.15) is 4.31 Å². The molecule has 1 aliphatic rings. The first-order valence-corrected chi connectivity index (χ1v) is 11.9. The van der Waals surface area contributed by atoms with Crippen molar-refractivity contribution in [2.45, 2.75) is 44.9 Å². The van der Waals surface area contributed by atoms with E-state index in [1.165, 1.54) is 15.6 Å². The van der Waals surface area contributed by atoms with Gasteiger partial charge in [-0.1, -0.05) is 11.6 Å². The summed E-state index contributed by atoms with van der Waals surface area (Å²) in [5.74, 6) is -0.435. The number of fused-ring (bicyclic) bond motifs is 1. The minimum Gasteiger partial charge on any atom is -0.302 e. The number of sulfonamides is 1. The lowest BCUT2D eigenvalue weighted by molar-refractivity contribution is -0.116. The number of Topliss-reactive ketones (excluding diaryl/α,β-unsaturated/α-hetero) is 1. The fourth-order valence-corrected chi connectivity index (χ4v) is 5.43. The molecule has 1 amide bonds. The summed E-state index contributed by atoms with van der Waals surface area (Å²) < 4.78 is 26.2. The molecule has 3 rings (SSSR count). The monoisotopic (exact) mass is 455 g/mol. The molecule has 1 N–H and O–H groups in total. The summed E-state index contributed by atoms with van der Waals surface area (Å²) in [5, 5.41) is 3.22. The molecule has 0 saturated heterocycles. The van der Waals surface area contributed by atoms with Crippen LogP contribution >= 0.6 is 22.9 Å². The van der Waals surface area contributed by atoms with Crippen LogP contribution < -0.4 is 5.32 Å². The van der Waals surface area contributed by atoms with Gasteiger partial charge < -0.3 is 5.32 Å². The van der Waals surface area contributed by atoms with Gasteiger partial charge in [-0.05, 0) is 38.1 Å². The number of nitrogens with zero attached hydrogens (tertiary/aromatic N) is 2. The molecule has 0 unspecified atom stereocenters. The number of amides is 1. The van der Waals surface area contributed by atoms with E-state index in [0.717, 1.165) is 10.6 Å². The Hall–Kier alpha value is -1.81. The van der Waals surface area contributed by atoms with Crippen molar-refractivity contribution >= 4 is 49.8 Å². The number of aromatic nitrogens is 1. The third kappa shape index (κ3) is 5.22. The average Bonchev–Trinajstić information content (AvgIpc) is 3.07. The molecule has 0 saturated carbocycles. The lowest BCUT2D eigenvalue weighted by Crippen LogP contribution is -2.39. The van der Waals surface area contributed by atoms with Crippen LogP contribution in [0.4, 0.5) is 5.13 Å². The van der Waals surface area contributed by atoms with Crippen molar-refractivity contribution in [3.63, 3.8) is 0 Å². The number of hydrogen-bond acceptors (Lipinski definition) is 6. The minimum absolute atomic E-state index is 0.0412. The predicted molar refractivity (Wildman–Crippen MR) is 114 cm³/mol. The van der Waals surface area contributed by atoms with E-state index in [1.54, 1.807) is 38.1 Å². The number of ketones is 1. The molecule has 1 aliphatic heterocycles. The van der Waals surface area contributed by atoms with Gasteiger partial charge in [0.05, 0.1) is 10.9 Å². The van der Waals surface area contributed by atoms with Crippen LogP contribution in [0.5, 0.6) is 0 Å². The summed E-state index contributed by atoms with van der Waals surface area (Å²) >= 11 is 7.09. The zero-order chi connectivity index (χ0) is 21.2. The van der Waals surface area contributed by atoms with Crippen molar-refractivity contribution in [3.05, 3.63) is 45.4 Å². The first-order chi connectivity index (χ1) is 13.7. The Morgan fingerprint density at radius 1 is 1.24 bits per heavy atom. The normalized spacial score (nSPS) is 14.6. The second kappa shape index (κ2) is 8.91. The predicted octanol–water partition coefficient (Wildman–Crippen LogP) is 3.49. The molecule has 0 aliphatic carbocycles. The zero-order valence-corrected chi connectivity index (χ0v) is 18.5. The molecule has 2 heterocycles. The molecule has 0 radical (unpaired) electrons. The van der Waals surface area contributed by atoms with E-state index >= 15 is 0 Å². The van der Waals surface area contributed by atoms with Gasteiger partial charge in [0, 0.05) is 47.8 Å². The average molecular weight is 456 g/mol. The molecule has 1 aromatic heterocycles. The maximum absolute atomic E-state index is 12.4. The quantitative estimate of drug-likeness (QED) is 0.644. The van der Waals surface area contributed by atoms with E-state index in [4.69, 9.17) is 11.6 Å². The summed E-state index contributed by atoms with van der Waals surface area (Å²) in [5.41, 5.74) is 1.33. The molecular formula is C19H22ClN3O4S2. The van der Waals surface area contributed by atoms with Crippen LogP contribution in [0.2, 0.25) is 5.02 Å². The van der Waals surface area contributed by atoms with Crippen molar-refractivity contribution in [1.82, 2.24) is 9.29 Å². The number of anilines is 1. The van der Waals surface area contributed by atoms with Crippen LogP contribution in [0.1, 0.15) is 47.6 Å². The molecule has 1 aromatic carbocycles. The number of carbonyl (C=O) groups excluding carboxylic acids is 2. The molecule has 2 aromatic rings. The molecular weight excluding hydrogens is 434 g/mol. The van der Waals surface area contributed by atoms with E-state index in [1.807, 2.05) is 0 Å². The van der Waals surface area contributed by atoms with Crippen LogP contribution in [-0.2, 0) is 27.8 Å². The minimum atomic E-state index is -3.32. The van der Waals surface area contributed by atoms with Crippen LogP contribution in [0.15, 0.2) is 24.3 Å². The smallest absolute Gasteiger partial charge is 0.226 e. The Labute approximate surface area is 179 Å². The molecule has 7 nitrogen and oxygen atoms in total. The summed E-state index contributed by atoms with van der Waals surface area (Å²) in [6, 6.07) is 6.54. The number of benzene rings is 1. The highest BCUT2D eigenvalue weighted by Crippen LogP contribution is 2.30. The lowest BCUT2D eigenvalue weighted by Gasteiger charge is -2.26. The van der Waals surface area contributed by atoms with Crippen molar-refractivity contribution in [3.8, 4) is 0 Å². The number of thiazole rings is 1. The summed E-state index contributed by atoms with van der Waals surface area (Å²) in [6.07, 6.45) is 0.640. The van der Waals surface area contributed by atoms with Gasteiger partial charge >= 0.3 is 0 Å². The highest BCUT2D eigenvalue weighted by atomic mass is 35.5. The van der Waals surface area contributed by atoms with Gasteiger partial charge in [0.15, 0.2) is 10.9 Å². The Morgan fingerprint density at radius 3 is 2.59 bits per heavy atom. The maximum Gasteiger partial charge on any atom is 0.226 e. The van der Waals surface area contributed by atoms with Crippen molar-refractivity contribution in [2.75, 3.05) is 11.9 Å². The van der Waals surface area contributed by atoms with E-state index < -0.39 is 15.3 Å². The zero-order valence-electron chi connectivity index (χ0n) is 16.1. The largest absolute Gasteiger partial charge is 0.302 e. The van der Waals surface area contributed by atoms with Crippen LogP contribution in [0.3, 0.4) is 0 Å². The second-order valence-corrected chi connectivity index (χ2v) is 11.1. The highest BCUT2D eigenvalue weighted by Gasteiger charge is 2.31. The van der Waals surface area contributed by atoms with E-state index in [2.05, 4.69) is 10.3 Å². The summed E-state index contributed by atoms with van der Waals surface area (Å²) in [6.45, 7) is 3.99. The van der Waals surface area contributed by atoms with Gasteiger partial charge in [-0.15, -0.1) is 11.3 Å². The summed E-state index contributed by atoms with van der Waals surface area (Å²) in [7, 11) is -3.32. The van der Waals surface area contributed by atoms with Crippen LogP contribution in [0, 0.1) is 0 Å². The molecule has 0 spiro atoms. The molecule has 0 atom stereocenters. The Balaban J connectivity index is 1.57. The third-order valence-corrected chi connectivity index (χ3v) is 8.12. The van der Waals surface area contributed by atoms with Crippen molar-refractivity contribution in [2.24, 2.45) is 0 Å². The lowest BCUT2D eigenvalue weighted by atomic mass is 10.1. The fraction of sp³-hybridized carbons (Fsp3) is 0.421. The van der Waals surface area contributed by atoms with Gasteiger partial charge in [-0.25, -0.2) is 13.4 Å². The maximum atomic E-state index is 12.4.